The van der Waals surface area contributed by atoms with Gasteiger partial charge in [0.05, 0.1) is 24.1 Å². The second kappa shape index (κ2) is 14.2. The molecule has 2 amide bonds. The Kier molecular flexibility index (Phi) is 9.88. The van der Waals surface area contributed by atoms with Gasteiger partial charge in [0.2, 0.25) is 0 Å². The van der Waals surface area contributed by atoms with Crippen LogP contribution in [0.5, 0.6) is 5.75 Å². The number of hydroxylamine groups is 2. The van der Waals surface area contributed by atoms with Crippen LogP contribution in [0.2, 0.25) is 0 Å². The van der Waals surface area contributed by atoms with Crippen LogP contribution in [0.3, 0.4) is 0 Å². The van der Waals surface area contributed by atoms with Gasteiger partial charge in [-0.1, -0.05) is 24.0 Å². The molecular formula is C35H35N5O6. The first-order valence-corrected chi connectivity index (χ1v) is 14.9. The highest BCUT2D eigenvalue weighted by Gasteiger charge is 2.38. The summed E-state index contributed by atoms with van der Waals surface area (Å²) >= 11 is 0. The van der Waals surface area contributed by atoms with Gasteiger partial charge < -0.3 is 19.2 Å². The van der Waals surface area contributed by atoms with Crippen molar-refractivity contribution in [1.29, 1.82) is 0 Å². The third-order valence-corrected chi connectivity index (χ3v) is 7.26. The number of hydrogen-bond acceptors (Lipinski definition) is 10. The van der Waals surface area contributed by atoms with Crippen LogP contribution < -0.4 is 9.64 Å². The summed E-state index contributed by atoms with van der Waals surface area (Å²) in [6.07, 6.45) is 3.07. The maximum absolute atomic E-state index is 12.5. The van der Waals surface area contributed by atoms with Crippen LogP contribution in [0.15, 0.2) is 73.1 Å². The van der Waals surface area contributed by atoms with E-state index in [0.29, 0.717) is 29.8 Å². The number of anilines is 1. The van der Waals surface area contributed by atoms with Crippen molar-refractivity contribution in [3.05, 3.63) is 78.6 Å². The molecule has 2 aromatic heterocycles. The summed E-state index contributed by atoms with van der Waals surface area (Å²) in [4.78, 5) is 56.9. The number of fused-ring (bicyclic) bond motifs is 1. The van der Waals surface area contributed by atoms with Crippen LogP contribution in [-0.4, -0.2) is 70.7 Å². The number of likely N-dealkylation sites (N-methyl/N-ethyl adjacent to an activating group) is 1. The third kappa shape index (κ3) is 7.83. The lowest BCUT2D eigenvalue weighted by molar-refractivity contribution is -0.206. The Bertz CT molecular complexity index is 1770. The molecule has 0 aliphatic carbocycles. The molecule has 2 aromatic carbocycles. The van der Waals surface area contributed by atoms with Crippen molar-refractivity contribution < 1.29 is 28.7 Å². The van der Waals surface area contributed by atoms with E-state index < -0.39 is 29.3 Å². The second-order valence-electron chi connectivity index (χ2n) is 11.5. The van der Waals surface area contributed by atoms with Gasteiger partial charge in [0.15, 0.2) is 5.82 Å². The molecule has 236 valence electrons. The zero-order valence-electron chi connectivity index (χ0n) is 26.2. The number of imide groups is 1. The van der Waals surface area contributed by atoms with Crippen LogP contribution in [0.4, 0.5) is 5.82 Å². The van der Waals surface area contributed by atoms with Crippen LogP contribution >= 0.6 is 0 Å². The van der Waals surface area contributed by atoms with E-state index in [9.17, 15) is 14.4 Å². The Morgan fingerprint density at radius 3 is 2.48 bits per heavy atom. The molecule has 1 aliphatic heterocycles. The minimum absolute atomic E-state index is 0.00525. The molecular weight excluding hydrogens is 586 g/mol. The van der Waals surface area contributed by atoms with Gasteiger partial charge in [-0.05, 0) is 69.3 Å². The fraction of sp³-hybridized carbons (Fsp3) is 0.314. The average Bonchev–Trinajstić information content (AvgIpc) is 3.39. The number of carbonyl (C=O) groups is 3. The van der Waals surface area contributed by atoms with Gasteiger partial charge in [0, 0.05) is 48.8 Å². The maximum atomic E-state index is 12.5. The highest BCUT2D eigenvalue weighted by molar-refractivity contribution is 6.01. The van der Waals surface area contributed by atoms with E-state index in [1.54, 1.807) is 33.2 Å². The Labute approximate surface area is 267 Å². The molecule has 1 fully saturated rings. The lowest BCUT2D eigenvalue weighted by atomic mass is 9.95. The Morgan fingerprint density at radius 2 is 1.76 bits per heavy atom. The average molecular weight is 622 g/mol. The highest BCUT2D eigenvalue weighted by Crippen LogP contribution is 2.27. The van der Waals surface area contributed by atoms with Crippen molar-refractivity contribution in [2.45, 2.75) is 39.7 Å². The molecule has 0 spiro atoms. The number of benzene rings is 2. The first-order valence-electron chi connectivity index (χ1n) is 14.9. The van der Waals surface area contributed by atoms with E-state index in [2.05, 4.69) is 21.7 Å². The van der Waals surface area contributed by atoms with Crippen molar-refractivity contribution in [2.24, 2.45) is 5.41 Å². The van der Waals surface area contributed by atoms with E-state index in [1.807, 2.05) is 67.7 Å². The highest BCUT2D eigenvalue weighted by atomic mass is 16.7. The number of rotatable bonds is 11. The molecule has 11 nitrogen and oxygen atoms in total. The second-order valence-corrected chi connectivity index (χ2v) is 11.5. The topological polar surface area (TPSA) is 124 Å². The molecule has 3 heterocycles. The monoisotopic (exact) mass is 621 g/mol. The summed E-state index contributed by atoms with van der Waals surface area (Å²) in [6.45, 7) is 6.04. The van der Waals surface area contributed by atoms with E-state index in [0.717, 1.165) is 27.8 Å². The summed E-state index contributed by atoms with van der Waals surface area (Å²) in [7, 11) is 1.98. The molecule has 0 bridgehead atoms. The number of pyridine rings is 1. The molecule has 11 heteroatoms. The molecule has 1 atom stereocenters. The van der Waals surface area contributed by atoms with Gasteiger partial charge in [-0.2, -0.15) is 0 Å². The van der Waals surface area contributed by atoms with E-state index in [-0.39, 0.29) is 19.4 Å². The van der Waals surface area contributed by atoms with Crippen molar-refractivity contribution in [2.75, 3.05) is 31.7 Å². The van der Waals surface area contributed by atoms with Crippen LogP contribution in [0, 0.1) is 17.3 Å². The minimum atomic E-state index is -1.09. The van der Waals surface area contributed by atoms with E-state index in [1.165, 1.54) is 0 Å². The first kappa shape index (κ1) is 32.1. The quantitative estimate of drug-likeness (QED) is 0.173. The number of aromatic nitrogens is 3. The lowest BCUT2D eigenvalue weighted by Gasteiger charge is -2.24. The van der Waals surface area contributed by atoms with Gasteiger partial charge >= 0.3 is 5.97 Å². The third-order valence-electron chi connectivity index (χ3n) is 7.26. The van der Waals surface area contributed by atoms with Crippen LogP contribution in [0.1, 0.15) is 39.2 Å². The number of hydrogen-bond donors (Lipinski definition) is 0. The van der Waals surface area contributed by atoms with Gasteiger partial charge in [-0.25, -0.2) is 14.8 Å². The molecule has 46 heavy (non-hydrogen) atoms. The first-order chi connectivity index (χ1) is 22.1. The van der Waals surface area contributed by atoms with E-state index in [4.69, 9.17) is 24.3 Å². The predicted octanol–water partition coefficient (Wildman–Crippen LogP) is 4.60. The molecule has 0 radical (unpaired) electrons. The van der Waals surface area contributed by atoms with Crippen molar-refractivity contribution >= 4 is 34.5 Å². The molecule has 1 saturated heterocycles. The van der Waals surface area contributed by atoms with Crippen LogP contribution in [-0.2, 0) is 24.0 Å². The summed E-state index contributed by atoms with van der Waals surface area (Å²) < 4.78 is 11.8. The number of para-hydroxylation sites is 1. The largest absolute Gasteiger partial charge is 0.492 e. The number of carbonyl (C=O) groups excluding carboxylic acids is 3. The standard InChI is InChI=1S/C35H35N5O6/c1-24(45-23-35(2,3)34(43)46-40-30(41)17-18-31(40)42)11-12-25-13-15-27(16-14-25)44-21-20-39(4)33-28-9-5-6-10-29(28)37-32(38-33)26-8-7-19-36-22-26/h5-10,13-16,19,22,24H,17-18,20-21,23H2,1-4H3. The summed E-state index contributed by atoms with van der Waals surface area (Å²) in [5.41, 5.74) is 1.39. The fourth-order valence-electron chi connectivity index (χ4n) is 4.50. The minimum Gasteiger partial charge on any atom is -0.492 e. The zero-order chi connectivity index (χ0) is 32.7. The smallest absolute Gasteiger partial charge is 0.341 e. The van der Waals surface area contributed by atoms with E-state index >= 15 is 0 Å². The Hall–Kier alpha value is -5.34. The Balaban J connectivity index is 1.12. The normalized spacial score (nSPS) is 13.7. The molecule has 1 aliphatic rings. The molecule has 4 aromatic rings. The number of amides is 2. The molecule has 1 unspecified atom stereocenters. The number of ether oxygens (including phenoxy) is 2. The summed E-state index contributed by atoms with van der Waals surface area (Å²) in [5, 5.41) is 1.50. The van der Waals surface area contributed by atoms with Crippen molar-refractivity contribution in [3.63, 3.8) is 0 Å². The molecule has 5 rings (SSSR count). The van der Waals surface area contributed by atoms with Crippen LogP contribution in [0.25, 0.3) is 22.3 Å². The van der Waals surface area contributed by atoms with Gasteiger partial charge in [0.25, 0.3) is 11.8 Å². The fourth-order valence-corrected chi connectivity index (χ4v) is 4.50. The maximum Gasteiger partial charge on any atom is 0.341 e. The predicted molar refractivity (Wildman–Crippen MR) is 171 cm³/mol. The van der Waals surface area contributed by atoms with Gasteiger partial charge in [-0.3, -0.25) is 14.6 Å². The number of nitrogens with zero attached hydrogens (tertiary/aromatic N) is 5. The SMILES string of the molecule is CC(C#Cc1ccc(OCCN(C)c2nc(-c3cccnc3)nc3ccccc23)cc1)OCC(C)(C)C(=O)ON1C(=O)CCC1=O. The molecule has 0 N–H and O–H groups in total. The Morgan fingerprint density at radius 1 is 1.02 bits per heavy atom. The summed E-state index contributed by atoms with van der Waals surface area (Å²) in [6, 6.07) is 19.2. The van der Waals surface area contributed by atoms with Gasteiger partial charge in [0.1, 0.15) is 24.3 Å². The zero-order valence-corrected chi connectivity index (χ0v) is 26.2. The van der Waals surface area contributed by atoms with Gasteiger partial charge in [-0.15, -0.1) is 5.06 Å². The van der Waals surface area contributed by atoms with Crippen molar-refractivity contribution in [3.8, 4) is 29.0 Å². The summed E-state index contributed by atoms with van der Waals surface area (Å²) in [5.74, 6) is 6.45. The van der Waals surface area contributed by atoms with Crippen molar-refractivity contribution in [1.82, 2.24) is 20.0 Å². The lowest BCUT2D eigenvalue weighted by Crippen LogP contribution is -2.40. The molecule has 0 saturated carbocycles.